The fourth-order valence-electron chi connectivity index (χ4n) is 3.45. The third-order valence-electron chi connectivity index (χ3n) is 5.44. The average Bonchev–Trinajstić information content (AvgIpc) is 2.73. The van der Waals surface area contributed by atoms with Crippen LogP contribution in [0.5, 0.6) is 0 Å². The zero-order valence-electron chi connectivity index (χ0n) is 21.7. The standard InChI is InChI=1S/C20H41O.C4H6O7S.K/c1-3-5-6-7-8-9-10-11-12-13-14-15-16-17-18-19-20-21-4-2;5-3(6)1-2(4(7)8)12(9,10)11;/h4H,3,5-20H2,1-2H3;2H,1H2,(H,5,6)(H,7,8)(H,9,10,11);. The van der Waals surface area contributed by atoms with Gasteiger partial charge in [-0.2, -0.15) is 8.42 Å². The second-order valence-electron chi connectivity index (χ2n) is 9.16. The van der Waals surface area contributed by atoms with Crippen LogP contribution in [0.15, 0.2) is 0 Å². The largest absolute Gasteiger partial charge is 0.481 e. The van der Waals surface area contributed by atoms with Crippen molar-refractivity contribution in [2.45, 2.75) is 128 Å². The molecule has 0 bridgehead atoms. The Morgan fingerprint density at radius 2 is 1.12 bits per heavy atom. The molecule has 3 N–H and O–H groups in total. The Labute approximate surface area is 241 Å². The van der Waals surface area contributed by atoms with Gasteiger partial charge in [-0.15, -0.1) is 0 Å². The summed E-state index contributed by atoms with van der Waals surface area (Å²) >= 11 is 0.835. The minimum atomic E-state index is -4.84. The number of carbonyl (C=O) groups is 2. The Balaban J connectivity index is 0. The summed E-state index contributed by atoms with van der Waals surface area (Å²) in [6.07, 6.45) is 21.9. The van der Waals surface area contributed by atoms with E-state index in [9.17, 15) is 18.0 Å². The fraction of sp³-hybridized carbons (Fsp3) is 0.917. The molecule has 0 saturated carbocycles. The first-order chi connectivity index (χ1) is 16.0. The number of aliphatic carboxylic acids is 2. The molecule has 0 amide bonds. The molecule has 0 heterocycles. The van der Waals surface area contributed by atoms with Crippen LogP contribution in [0.1, 0.15) is 123 Å². The molecular weight excluding hydrogens is 487 g/mol. The Bertz CT molecular complexity index is 596. The first kappa shape index (κ1) is 36.6. The maximum absolute atomic E-state index is 10.2. The van der Waals surface area contributed by atoms with Crippen molar-refractivity contribution < 1.29 is 37.5 Å². The van der Waals surface area contributed by atoms with Crippen molar-refractivity contribution in [2.24, 2.45) is 0 Å². The van der Waals surface area contributed by atoms with E-state index in [1.54, 1.807) is 0 Å². The van der Waals surface area contributed by atoms with Gasteiger partial charge in [-0.3, -0.25) is 14.1 Å². The second kappa shape index (κ2) is 25.1. The summed E-state index contributed by atoms with van der Waals surface area (Å²) in [5.74, 6) is -3.50. The maximum Gasteiger partial charge on any atom is 0.325 e. The first-order valence-corrected chi connectivity index (χ1v) is 16.4. The third kappa shape index (κ3) is 28.7. The van der Waals surface area contributed by atoms with Crippen LogP contribution in [0.4, 0.5) is 0 Å². The Morgan fingerprint density at radius 1 is 0.765 bits per heavy atom. The number of unbranched alkanes of at least 4 members (excludes halogenated alkanes) is 15. The number of carboxylic acid groups (broad SMARTS) is 2. The smallest absolute Gasteiger partial charge is 0.325 e. The molecule has 0 radical (unpaired) electrons. The summed E-state index contributed by atoms with van der Waals surface area (Å²) in [7, 11) is -4.84. The average molecular weight is 535 g/mol. The van der Waals surface area contributed by atoms with Crippen molar-refractivity contribution in [3.05, 3.63) is 0 Å². The minimum Gasteiger partial charge on any atom is -0.481 e. The molecule has 0 aliphatic rings. The number of ether oxygens (including phenoxy) is 1. The van der Waals surface area contributed by atoms with Gasteiger partial charge in [-0.1, -0.05) is 51.9 Å². The predicted molar refractivity (Wildman–Crippen MR) is 136 cm³/mol. The molecule has 0 spiro atoms. The molecule has 0 aromatic rings. The van der Waals surface area contributed by atoms with E-state index < -0.39 is 33.7 Å². The Morgan fingerprint density at radius 3 is 1.35 bits per heavy atom. The number of rotatable bonds is 22. The van der Waals surface area contributed by atoms with E-state index in [0.29, 0.717) is 0.199 Å². The molecule has 0 fully saturated rings. The summed E-state index contributed by atoms with van der Waals surface area (Å²) in [4.78, 5) is 20.0. The van der Waals surface area contributed by atoms with Crippen LogP contribution in [0.2, 0.25) is 0 Å². The second-order valence-corrected chi connectivity index (χ2v) is 13.3. The number of hydrogen-bond acceptors (Lipinski definition) is 5. The van der Waals surface area contributed by atoms with Crippen LogP contribution in [0.3, 0.4) is 0 Å². The molecular formula is C24H47KO8S. The van der Waals surface area contributed by atoms with Gasteiger partial charge < -0.3 is 10.2 Å². The predicted octanol–water partition coefficient (Wildman–Crippen LogP) is 5.58. The zero-order valence-corrected chi connectivity index (χ0v) is 25.6. The van der Waals surface area contributed by atoms with Gasteiger partial charge in [0, 0.05) is 0 Å². The Kier molecular flexibility index (Phi) is 27.0. The normalized spacial score (nSPS) is 13.1. The van der Waals surface area contributed by atoms with E-state index in [-0.39, 0.29) is 0 Å². The van der Waals surface area contributed by atoms with Gasteiger partial charge in [0.2, 0.25) is 0 Å². The molecule has 0 saturated heterocycles. The van der Waals surface area contributed by atoms with Crippen molar-refractivity contribution in [3.8, 4) is 0 Å². The summed E-state index contributed by atoms with van der Waals surface area (Å²) < 4.78 is 34.9. The van der Waals surface area contributed by atoms with Crippen LogP contribution in [0, 0.1) is 0 Å². The molecule has 0 aliphatic heterocycles. The first-order valence-electron chi connectivity index (χ1n) is 13.0. The molecule has 0 aromatic carbocycles. The molecule has 0 rings (SSSR count). The van der Waals surface area contributed by atoms with E-state index in [0.717, 1.165) is 55.6 Å². The van der Waals surface area contributed by atoms with E-state index in [4.69, 9.17) is 19.5 Å². The quantitative estimate of drug-likeness (QED) is 0.0929. The van der Waals surface area contributed by atoms with Gasteiger partial charge in [-0.05, 0) is 0 Å². The summed E-state index contributed by atoms with van der Waals surface area (Å²) in [5, 5.41) is 13.9. The van der Waals surface area contributed by atoms with Crippen molar-refractivity contribution >= 4 is 71.0 Å². The molecule has 10 heteroatoms. The monoisotopic (exact) mass is 534 g/mol. The van der Waals surface area contributed by atoms with Gasteiger partial charge in [0.05, 0.1) is 6.42 Å². The van der Waals surface area contributed by atoms with Gasteiger partial charge in [0.1, 0.15) is 0 Å². The molecule has 2 unspecified atom stereocenters. The number of hydrogen-bond donors (Lipinski definition) is 3. The number of carboxylic acids is 2. The van der Waals surface area contributed by atoms with Gasteiger partial charge in [0.25, 0.3) is 10.1 Å². The van der Waals surface area contributed by atoms with Gasteiger partial charge in [-0.25, -0.2) is 0 Å². The SMILES string of the molecule is CCCCCCCCCCCCCCCCCCO[CH](C)[K].O=C(O)CC(C(=O)O)S(=O)(=O)O. The molecule has 0 aromatic heterocycles. The molecule has 34 heavy (non-hydrogen) atoms. The molecule has 0 aliphatic carbocycles. The van der Waals surface area contributed by atoms with E-state index >= 15 is 0 Å². The zero-order chi connectivity index (χ0) is 26.2. The van der Waals surface area contributed by atoms with Crippen molar-refractivity contribution in [1.29, 1.82) is 0 Å². The van der Waals surface area contributed by atoms with Crippen molar-refractivity contribution in [3.63, 3.8) is 0 Å². The maximum atomic E-state index is 10.2. The van der Waals surface area contributed by atoms with Gasteiger partial charge >= 0.3 is 137 Å². The fourth-order valence-corrected chi connectivity index (χ4v) is 4.42. The summed E-state index contributed by atoms with van der Waals surface area (Å²) in [5.41, 5.74) is 0. The molecule has 198 valence electrons. The van der Waals surface area contributed by atoms with Crippen LogP contribution < -0.4 is 0 Å². The van der Waals surface area contributed by atoms with Crippen molar-refractivity contribution in [2.75, 3.05) is 6.61 Å². The van der Waals surface area contributed by atoms with E-state index in [2.05, 4.69) is 13.8 Å². The summed E-state index contributed by atoms with van der Waals surface area (Å²) in [6.45, 7) is 5.50. The van der Waals surface area contributed by atoms with Crippen LogP contribution in [0.25, 0.3) is 0 Å². The van der Waals surface area contributed by atoms with E-state index in [1.165, 1.54) is 103 Å². The Hall–Kier alpha value is 0.446. The van der Waals surface area contributed by atoms with E-state index in [1.807, 2.05) is 0 Å². The van der Waals surface area contributed by atoms with Crippen LogP contribution in [-0.4, -0.2) is 96.1 Å². The van der Waals surface area contributed by atoms with Gasteiger partial charge in [0.15, 0.2) is 5.25 Å². The molecule has 2 atom stereocenters. The molecule has 8 nitrogen and oxygen atoms in total. The minimum absolute atomic E-state index is 0.587. The van der Waals surface area contributed by atoms with Crippen LogP contribution >= 0.6 is 0 Å². The third-order valence-corrected chi connectivity index (χ3v) is 7.05. The van der Waals surface area contributed by atoms with Crippen LogP contribution in [-0.2, 0) is 24.4 Å². The summed E-state index contributed by atoms with van der Waals surface area (Å²) in [6, 6.07) is 0. The topological polar surface area (TPSA) is 138 Å². The van der Waals surface area contributed by atoms with Crippen molar-refractivity contribution in [1.82, 2.24) is 0 Å².